The number of amides is 1. The molecule has 0 unspecified atom stereocenters. The van der Waals surface area contributed by atoms with Gasteiger partial charge in [0.15, 0.2) is 6.61 Å². The van der Waals surface area contributed by atoms with Gasteiger partial charge in [-0.2, -0.15) is 8.78 Å². The molecule has 1 N–H and O–H groups in total. The molecule has 2 aromatic carbocycles. The van der Waals surface area contributed by atoms with E-state index >= 15 is 0 Å². The second kappa shape index (κ2) is 8.39. The lowest BCUT2D eigenvalue weighted by Crippen LogP contribution is -2.21. The molecule has 2 aromatic rings. The number of alkyl halides is 2. The molecule has 0 saturated heterocycles. The van der Waals surface area contributed by atoms with Crippen LogP contribution < -0.4 is 10.1 Å². The van der Waals surface area contributed by atoms with Crippen molar-refractivity contribution in [2.24, 2.45) is 0 Å². The van der Waals surface area contributed by atoms with Gasteiger partial charge in [0, 0.05) is 10.2 Å². The molecule has 8 heteroatoms. The Kier molecular flexibility index (Phi) is 6.25. The molecule has 5 nitrogen and oxygen atoms in total. The van der Waals surface area contributed by atoms with Crippen molar-refractivity contribution in [3.63, 3.8) is 0 Å². The normalized spacial score (nSPS) is 10.3. The van der Waals surface area contributed by atoms with Gasteiger partial charge in [0.1, 0.15) is 11.3 Å². The second-order valence-corrected chi connectivity index (χ2v) is 5.42. The Bertz CT molecular complexity index is 722. The van der Waals surface area contributed by atoms with Gasteiger partial charge in [-0.1, -0.05) is 28.1 Å². The quantitative estimate of drug-likeness (QED) is 0.749. The fourth-order valence-electron chi connectivity index (χ4n) is 1.77. The largest absolute Gasteiger partial charge is 0.452 e. The molecule has 126 valence electrons. The van der Waals surface area contributed by atoms with E-state index in [0.29, 0.717) is 5.69 Å². The highest BCUT2D eigenvalue weighted by Gasteiger charge is 2.17. The molecule has 0 fully saturated rings. The van der Waals surface area contributed by atoms with E-state index in [2.05, 4.69) is 26.0 Å². The van der Waals surface area contributed by atoms with Crippen LogP contribution in [0, 0.1) is 0 Å². The van der Waals surface area contributed by atoms with Crippen LogP contribution in [0.1, 0.15) is 10.4 Å². The summed E-state index contributed by atoms with van der Waals surface area (Å²) in [5.41, 5.74) is 0.343. The summed E-state index contributed by atoms with van der Waals surface area (Å²) in [5.74, 6) is -1.80. The van der Waals surface area contributed by atoms with Gasteiger partial charge in [-0.25, -0.2) is 4.79 Å². The monoisotopic (exact) mass is 399 g/mol. The number of halogens is 3. The molecular formula is C16H12BrF2NO4. The number of carbonyl (C=O) groups excluding carboxylic acids is 2. The van der Waals surface area contributed by atoms with Gasteiger partial charge < -0.3 is 14.8 Å². The Morgan fingerprint density at radius 1 is 1.08 bits per heavy atom. The standard InChI is InChI=1S/C16H12BrF2NO4/c17-10-5-7-11(8-6-10)20-14(21)9-23-15(22)12-3-1-2-4-13(12)24-16(18)19/h1-8,16H,9H2,(H,20,21). The maximum atomic E-state index is 12.3. The van der Waals surface area contributed by atoms with Crippen LogP contribution >= 0.6 is 15.9 Å². The predicted octanol–water partition coefficient (Wildman–Crippen LogP) is 3.85. The van der Waals surface area contributed by atoms with E-state index in [-0.39, 0.29) is 11.3 Å². The van der Waals surface area contributed by atoms with E-state index in [9.17, 15) is 18.4 Å². The number of carbonyl (C=O) groups is 2. The van der Waals surface area contributed by atoms with Crippen LogP contribution in [-0.2, 0) is 9.53 Å². The van der Waals surface area contributed by atoms with Gasteiger partial charge in [-0.05, 0) is 36.4 Å². The topological polar surface area (TPSA) is 64.6 Å². The maximum Gasteiger partial charge on any atom is 0.387 e. The summed E-state index contributed by atoms with van der Waals surface area (Å²) in [6.45, 7) is -3.63. The van der Waals surface area contributed by atoms with Crippen molar-refractivity contribution >= 4 is 33.5 Å². The second-order valence-electron chi connectivity index (χ2n) is 4.51. The SMILES string of the molecule is O=C(COC(=O)c1ccccc1OC(F)F)Nc1ccc(Br)cc1. The van der Waals surface area contributed by atoms with Crippen LogP contribution in [0.2, 0.25) is 0 Å². The summed E-state index contributed by atoms with van der Waals surface area (Å²) < 4.78 is 34.5. The Morgan fingerprint density at radius 2 is 1.75 bits per heavy atom. The Morgan fingerprint density at radius 3 is 2.42 bits per heavy atom. The first-order valence-corrected chi connectivity index (χ1v) is 7.51. The van der Waals surface area contributed by atoms with Crippen molar-refractivity contribution in [3.05, 3.63) is 58.6 Å². The van der Waals surface area contributed by atoms with Crippen molar-refractivity contribution < 1.29 is 27.8 Å². The van der Waals surface area contributed by atoms with E-state index in [0.717, 1.165) is 4.47 Å². The molecule has 0 aliphatic rings. The number of nitrogens with one attached hydrogen (secondary N) is 1. The molecule has 0 aliphatic carbocycles. The van der Waals surface area contributed by atoms with E-state index in [1.807, 2.05) is 0 Å². The minimum absolute atomic E-state index is 0.186. The van der Waals surface area contributed by atoms with Gasteiger partial charge in [0.25, 0.3) is 5.91 Å². The molecule has 0 radical (unpaired) electrons. The number of benzene rings is 2. The van der Waals surface area contributed by atoms with Crippen LogP contribution in [-0.4, -0.2) is 25.1 Å². The molecule has 2 rings (SSSR count). The maximum absolute atomic E-state index is 12.3. The molecule has 0 aromatic heterocycles. The number of rotatable bonds is 6. The molecule has 0 saturated carbocycles. The first-order valence-electron chi connectivity index (χ1n) is 6.72. The minimum atomic E-state index is -3.07. The lowest BCUT2D eigenvalue weighted by atomic mass is 10.2. The first-order chi connectivity index (χ1) is 11.5. The highest BCUT2D eigenvalue weighted by atomic mass is 79.9. The summed E-state index contributed by atoms with van der Waals surface area (Å²) in [5, 5.41) is 2.53. The summed E-state index contributed by atoms with van der Waals surface area (Å²) in [6, 6.07) is 12.2. The van der Waals surface area contributed by atoms with Crippen molar-refractivity contribution in [1.29, 1.82) is 0 Å². The molecule has 0 spiro atoms. The minimum Gasteiger partial charge on any atom is -0.452 e. The predicted molar refractivity (Wildman–Crippen MR) is 86.1 cm³/mol. The molecule has 0 aliphatic heterocycles. The number of hydrogen-bond acceptors (Lipinski definition) is 4. The van der Waals surface area contributed by atoms with Crippen molar-refractivity contribution in [1.82, 2.24) is 0 Å². The molecule has 1 amide bonds. The molecule has 0 atom stereocenters. The van der Waals surface area contributed by atoms with Crippen LogP contribution in [0.5, 0.6) is 5.75 Å². The van der Waals surface area contributed by atoms with Crippen LogP contribution in [0.15, 0.2) is 53.0 Å². The van der Waals surface area contributed by atoms with E-state index < -0.39 is 25.1 Å². The first kappa shape index (κ1) is 17.9. The lowest BCUT2D eigenvalue weighted by molar-refractivity contribution is -0.119. The number of esters is 1. The Labute approximate surface area is 144 Å². The fourth-order valence-corrected chi connectivity index (χ4v) is 2.04. The Hall–Kier alpha value is -2.48. The molecule has 24 heavy (non-hydrogen) atoms. The Balaban J connectivity index is 1.93. The zero-order valence-electron chi connectivity index (χ0n) is 12.2. The van der Waals surface area contributed by atoms with Crippen molar-refractivity contribution in [2.75, 3.05) is 11.9 Å². The third-order valence-electron chi connectivity index (χ3n) is 2.79. The van der Waals surface area contributed by atoms with Gasteiger partial charge in [-0.15, -0.1) is 0 Å². The average molecular weight is 400 g/mol. The fraction of sp³-hybridized carbons (Fsp3) is 0.125. The van der Waals surface area contributed by atoms with Gasteiger partial charge >= 0.3 is 12.6 Å². The molecular weight excluding hydrogens is 388 g/mol. The summed E-state index contributed by atoms with van der Waals surface area (Å²) >= 11 is 3.26. The third kappa shape index (κ3) is 5.31. The highest BCUT2D eigenvalue weighted by Crippen LogP contribution is 2.21. The number of anilines is 1. The van der Waals surface area contributed by atoms with Gasteiger partial charge in [0.2, 0.25) is 0 Å². The van der Waals surface area contributed by atoms with E-state index in [4.69, 9.17) is 4.74 Å². The smallest absolute Gasteiger partial charge is 0.387 e. The average Bonchev–Trinajstić information content (AvgIpc) is 2.55. The van der Waals surface area contributed by atoms with Crippen LogP contribution in [0.3, 0.4) is 0 Å². The van der Waals surface area contributed by atoms with Crippen molar-refractivity contribution in [2.45, 2.75) is 6.61 Å². The van der Waals surface area contributed by atoms with Crippen molar-refractivity contribution in [3.8, 4) is 5.75 Å². The zero-order chi connectivity index (χ0) is 17.5. The van der Waals surface area contributed by atoms with Crippen LogP contribution in [0.25, 0.3) is 0 Å². The van der Waals surface area contributed by atoms with Crippen LogP contribution in [0.4, 0.5) is 14.5 Å². The number of para-hydroxylation sites is 1. The van der Waals surface area contributed by atoms with E-state index in [1.54, 1.807) is 24.3 Å². The molecule has 0 bridgehead atoms. The summed E-state index contributed by atoms with van der Waals surface area (Å²) in [7, 11) is 0. The van der Waals surface area contributed by atoms with Gasteiger partial charge in [-0.3, -0.25) is 4.79 Å². The van der Waals surface area contributed by atoms with E-state index in [1.165, 1.54) is 24.3 Å². The lowest BCUT2D eigenvalue weighted by Gasteiger charge is -2.10. The number of ether oxygens (including phenoxy) is 2. The zero-order valence-corrected chi connectivity index (χ0v) is 13.8. The molecule has 0 heterocycles. The number of hydrogen-bond donors (Lipinski definition) is 1. The van der Waals surface area contributed by atoms with Gasteiger partial charge in [0.05, 0.1) is 0 Å². The summed E-state index contributed by atoms with van der Waals surface area (Å²) in [6.07, 6.45) is 0. The third-order valence-corrected chi connectivity index (χ3v) is 3.31. The highest BCUT2D eigenvalue weighted by molar-refractivity contribution is 9.10. The summed E-state index contributed by atoms with van der Waals surface area (Å²) in [4.78, 5) is 23.7.